The summed E-state index contributed by atoms with van der Waals surface area (Å²) >= 11 is 0. The van der Waals surface area contributed by atoms with Crippen molar-refractivity contribution >= 4 is 21.4 Å². The number of rotatable bonds is 3. The lowest BCUT2D eigenvalue weighted by Gasteiger charge is -2.12. The van der Waals surface area contributed by atoms with Crippen molar-refractivity contribution in [2.45, 2.75) is 18.9 Å². The molecule has 0 atom stereocenters. The highest BCUT2D eigenvalue weighted by Gasteiger charge is 2.19. The molecule has 0 radical (unpaired) electrons. The Labute approximate surface area is 112 Å². The molecule has 2 rings (SSSR count). The molecular formula is C12H16N4O2S. The first-order chi connectivity index (χ1) is 8.79. The summed E-state index contributed by atoms with van der Waals surface area (Å²) in [5.41, 5.74) is 8.41. The Morgan fingerprint density at radius 2 is 1.84 bits per heavy atom. The largest absolute Gasteiger partial charge is 0.399 e. The normalized spacial score (nSPS) is 11.5. The smallest absolute Gasteiger partial charge is 0.280 e. The van der Waals surface area contributed by atoms with E-state index in [1.165, 1.54) is 12.5 Å². The molecule has 102 valence electrons. The van der Waals surface area contributed by atoms with Crippen LogP contribution >= 0.6 is 0 Å². The summed E-state index contributed by atoms with van der Waals surface area (Å²) in [5.74, 6) is 0. The highest BCUT2D eigenvalue weighted by molar-refractivity contribution is 7.92. The zero-order chi connectivity index (χ0) is 14.2. The fraction of sp³-hybridized carbons (Fsp3) is 0.250. The van der Waals surface area contributed by atoms with Crippen LogP contribution in [0.2, 0.25) is 0 Å². The topological polar surface area (TPSA) is 90.0 Å². The van der Waals surface area contributed by atoms with Crippen LogP contribution in [0.4, 0.5) is 11.4 Å². The lowest BCUT2D eigenvalue weighted by molar-refractivity contribution is 0.598. The minimum absolute atomic E-state index is 0.00868. The van der Waals surface area contributed by atoms with Gasteiger partial charge in [0.15, 0.2) is 5.03 Å². The minimum Gasteiger partial charge on any atom is -0.399 e. The third-order valence-electron chi connectivity index (χ3n) is 2.75. The average molecular weight is 280 g/mol. The van der Waals surface area contributed by atoms with Gasteiger partial charge in [-0.15, -0.1) is 0 Å². The van der Waals surface area contributed by atoms with Crippen LogP contribution in [0.5, 0.6) is 0 Å². The third-order valence-corrected chi connectivity index (χ3v) is 3.98. The van der Waals surface area contributed by atoms with E-state index >= 15 is 0 Å². The highest BCUT2D eigenvalue weighted by atomic mass is 32.2. The van der Waals surface area contributed by atoms with Crippen molar-refractivity contribution in [3.05, 3.63) is 35.8 Å². The Bertz CT molecular complexity index is 696. The van der Waals surface area contributed by atoms with Crippen LogP contribution < -0.4 is 10.5 Å². The SMILES string of the molecule is Cc1cc(N)cc(C)c1NS(=O)(=O)c1cn(C)cn1. The Hall–Kier alpha value is -2.02. The van der Waals surface area contributed by atoms with E-state index in [4.69, 9.17) is 5.73 Å². The van der Waals surface area contributed by atoms with Gasteiger partial charge in [0.2, 0.25) is 0 Å². The monoisotopic (exact) mass is 280 g/mol. The molecule has 0 spiro atoms. The maximum atomic E-state index is 12.2. The van der Waals surface area contributed by atoms with Gasteiger partial charge in [0.05, 0.1) is 12.0 Å². The molecule has 1 aromatic heterocycles. The Kier molecular flexibility index (Phi) is 3.23. The molecule has 7 heteroatoms. The van der Waals surface area contributed by atoms with Gasteiger partial charge in [-0.2, -0.15) is 8.42 Å². The Balaban J connectivity index is 2.41. The van der Waals surface area contributed by atoms with E-state index in [0.29, 0.717) is 11.4 Å². The summed E-state index contributed by atoms with van der Waals surface area (Å²) < 4.78 is 28.5. The van der Waals surface area contributed by atoms with Crippen molar-refractivity contribution in [2.24, 2.45) is 7.05 Å². The second kappa shape index (κ2) is 4.58. The molecule has 1 heterocycles. The lowest BCUT2D eigenvalue weighted by Crippen LogP contribution is -2.15. The summed E-state index contributed by atoms with van der Waals surface area (Å²) in [6.07, 6.45) is 2.89. The number of imidazole rings is 1. The van der Waals surface area contributed by atoms with Crippen LogP contribution in [-0.4, -0.2) is 18.0 Å². The number of sulfonamides is 1. The van der Waals surface area contributed by atoms with E-state index in [1.54, 1.807) is 37.6 Å². The van der Waals surface area contributed by atoms with Gasteiger partial charge >= 0.3 is 0 Å². The van der Waals surface area contributed by atoms with Crippen LogP contribution in [0.15, 0.2) is 29.7 Å². The molecule has 0 saturated heterocycles. The molecule has 0 saturated carbocycles. The molecule has 3 N–H and O–H groups in total. The molecule has 2 aromatic rings. The van der Waals surface area contributed by atoms with Crippen LogP contribution in [-0.2, 0) is 17.1 Å². The van der Waals surface area contributed by atoms with Gasteiger partial charge in [-0.25, -0.2) is 4.98 Å². The maximum absolute atomic E-state index is 12.2. The van der Waals surface area contributed by atoms with E-state index in [1.807, 2.05) is 0 Å². The number of nitrogen functional groups attached to an aromatic ring is 1. The van der Waals surface area contributed by atoms with Crippen molar-refractivity contribution in [1.82, 2.24) is 9.55 Å². The number of hydrogen-bond acceptors (Lipinski definition) is 4. The molecule has 0 fully saturated rings. The number of hydrogen-bond donors (Lipinski definition) is 2. The van der Waals surface area contributed by atoms with Crippen LogP contribution in [0, 0.1) is 13.8 Å². The van der Waals surface area contributed by atoms with Crippen molar-refractivity contribution in [2.75, 3.05) is 10.5 Å². The zero-order valence-corrected chi connectivity index (χ0v) is 11.8. The molecule has 0 amide bonds. The van der Waals surface area contributed by atoms with Gasteiger partial charge in [0, 0.05) is 18.9 Å². The number of aryl methyl sites for hydroxylation is 3. The van der Waals surface area contributed by atoms with Crippen molar-refractivity contribution in [3.8, 4) is 0 Å². The van der Waals surface area contributed by atoms with Crippen molar-refractivity contribution in [3.63, 3.8) is 0 Å². The fourth-order valence-electron chi connectivity index (χ4n) is 1.87. The standard InChI is InChI=1S/C12H16N4O2S/c1-8-4-10(13)5-9(2)12(8)15-19(17,18)11-6-16(3)7-14-11/h4-7,15H,13H2,1-3H3. The second-order valence-corrected chi connectivity index (χ2v) is 6.14. The van der Waals surface area contributed by atoms with E-state index in [0.717, 1.165) is 11.1 Å². The summed E-state index contributed by atoms with van der Waals surface area (Å²) in [4.78, 5) is 3.85. The molecule has 19 heavy (non-hydrogen) atoms. The second-order valence-electron chi connectivity index (χ2n) is 4.51. The first-order valence-corrected chi connectivity index (χ1v) is 7.15. The van der Waals surface area contributed by atoms with E-state index < -0.39 is 10.0 Å². The summed E-state index contributed by atoms with van der Waals surface area (Å²) in [5, 5.41) is -0.00868. The molecule has 0 bridgehead atoms. The van der Waals surface area contributed by atoms with Gasteiger partial charge < -0.3 is 10.3 Å². The number of anilines is 2. The van der Waals surface area contributed by atoms with Gasteiger partial charge in [0.25, 0.3) is 10.0 Å². The quantitative estimate of drug-likeness (QED) is 0.832. The first kappa shape index (κ1) is 13.4. The maximum Gasteiger partial charge on any atom is 0.280 e. The van der Waals surface area contributed by atoms with E-state index in [2.05, 4.69) is 9.71 Å². The molecule has 0 aliphatic heterocycles. The minimum atomic E-state index is -3.67. The molecule has 1 aromatic carbocycles. The Morgan fingerprint density at radius 1 is 1.26 bits per heavy atom. The van der Waals surface area contributed by atoms with Crippen molar-refractivity contribution in [1.29, 1.82) is 0 Å². The summed E-state index contributed by atoms with van der Waals surface area (Å²) in [7, 11) is -1.96. The number of nitrogens with zero attached hydrogens (tertiary/aromatic N) is 2. The number of benzene rings is 1. The number of nitrogens with two attached hydrogens (primary N) is 1. The van der Waals surface area contributed by atoms with Gasteiger partial charge in [-0.05, 0) is 37.1 Å². The Morgan fingerprint density at radius 3 is 2.32 bits per heavy atom. The average Bonchev–Trinajstić information content (AvgIpc) is 2.71. The third kappa shape index (κ3) is 2.70. The van der Waals surface area contributed by atoms with E-state index in [9.17, 15) is 8.42 Å². The first-order valence-electron chi connectivity index (χ1n) is 5.67. The predicted octanol–water partition coefficient (Wildman–Crippen LogP) is 1.42. The summed E-state index contributed by atoms with van der Waals surface area (Å²) in [6.45, 7) is 3.61. The van der Waals surface area contributed by atoms with E-state index in [-0.39, 0.29) is 5.03 Å². The molecular weight excluding hydrogens is 264 g/mol. The number of aromatic nitrogens is 2. The van der Waals surface area contributed by atoms with Crippen LogP contribution in [0.25, 0.3) is 0 Å². The van der Waals surface area contributed by atoms with Gasteiger partial charge in [-0.1, -0.05) is 0 Å². The highest BCUT2D eigenvalue weighted by Crippen LogP contribution is 2.25. The summed E-state index contributed by atoms with van der Waals surface area (Å²) in [6, 6.07) is 3.45. The molecule has 0 aliphatic carbocycles. The van der Waals surface area contributed by atoms with Crippen molar-refractivity contribution < 1.29 is 8.42 Å². The van der Waals surface area contributed by atoms with Crippen LogP contribution in [0.1, 0.15) is 11.1 Å². The molecule has 0 aliphatic rings. The number of nitrogens with one attached hydrogen (secondary N) is 1. The lowest BCUT2D eigenvalue weighted by atomic mass is 10.1. The van der Waals surface area contributed by atoms with Gasteiger partial charge in [0.1, 0.15) is 0 Å². The van der Waals surface area contributed by atoms with Gasteiger partial charge in [-0.3, -0.25) is 4.72 Å². The fourth-order valence-corrected chi connectivity index (χ4v) is 3.06. The predicted molar refractivity (Wildman–Crippen MR) is 74.3 cm³/mol. The van der Waals surface area contributed by atoms with Crippen LogP contribution in [0.3, 0.4) is 0 Å². The molecule has 0 unspecified atom stereocenters. The zero-order valence-electron chi connectivity index (χ0n) is 11.0. The molecule has 6 nitrogen and oxygen atoms in total.